The van der Waals surface area contributed by atoms with Crippen LogP contribution in [-0.4, -0.2) is 10.1 Å². The van der Waals surface area contributed by atoms with E-state index in [9.17, 15) is 0 Å². The Labute approximate surface area is 181 Å². The number of nitrogens with zero attached hydrogens (tertiary/aromatic N) is 2. The first-order valence-electron chi connectivity index (χ1n) is 9.93. The average Bonchev–Trinajstić information content (AvgIpc) is 3.39. The smallest absolute Gasteiger partial charge is 0.174 e. The predicted octanol–water partition coefficient (Wildman–Crippen LogP) is 5.83. The van der Waals surface area contributed by atoms with Crippen LogP contribution in [0.1, 0.15) is 29.1 Å². The van der Waals surface area contributed by atoms with Gasteiger partial charge in [-0.05, 0) is 61.1 Å². The number of pyridine rings is 1. The van der Waals surface area contributed by atoms with E-state index in [4.69, 9.17) is 16.6 Å². The maximum Gasteiger partial charge on any atom is 0.174 e. The highest BCUT2D eigenvalue weighted by Gasteiger charge is 2.42. The van der Waals surface area contributed by atoms with Gasteiger partial charge in [-0.15, -0.1) is 0 Å². The molecule has 30 heavy (non-hydrogen) atoms. The van der Waals surface area contributed by atoms with Gasteiger partial charge in [-0.25, -0.2) is 0 Å². The second kappa shape index (κ2) is 7.76. The first-order valence-corrected chi connectivity index (χ1v) is 10.3. The zero-order chi connectivity index (χ0) is 20.5. The molecule has 2 aromatic heterocycles. The number of hydrogen-bond acceptors (Lipinski definition) is 3. The van der Waals surface area contributed by atoms with Crippen LogP contribution in [0.25, 0.3) is 11.3 Å². The third-order valence-corrected chi connectivity index (χ3v) is 5.67. The van der Waals surface area contributed by atoms with Crippen LogP contribution >= 0.6 is 12.2 Å². The van der Waals surface area contributed by atoms with E-state index in [1.807, 2.05) is 54.7 Å². The van der Waals surface area contributed by atoms with E-state index in [2.05, 4.69) is 58.5 Å². The Morgan fingerprint density at radius 2 is 1.77 bits per heavy atom. The minimum Gasteiger partial charge on any atom is -0.459 e. The number of nitrogens with one attached hydrogen (secondary N) is 1. The van der Waals surface area contributed by atoms with Gasteiger partial charge in [0.1, 0.15) is 17.6 Å². The second-order valence-electron chi connectivity index (χ2n) is 7.40. The van der Waals surface area contributed by atoms with Gasteiger partial charge in [0.25, 0.3) is 0 Å². The van der Waals surface area contributed by atoms with E-state index in [0.717, 1.165) is 28.5 Å². The van der Waals surface area contributed by atoms with Crippen molar-refractivity contribution in [3.8, 4) is 11.3 Å². The van der Waals surface area contributed by atoms with Crippen molar-refractivity contribution in [3.63, 3.8) is 0 Å². The third-order valence-electron chi connectivity index (χ3n) is 5.35. The van der Waals surface area contributed by atoms with Gasteiger partial charge in [0.15, 0.2) is 5.11 Å². The van der Waals surface area contributed by atoms with Crippen molar-refractivity contribution in [2.24, 2.45) is 0 Å². The molecule has 0 bridgehead atoms. The molecule has 2 atom stereocenters. The minimum absolute atomic E-state index is 0.117. The number of benzene rings is 2. The SMILES string of the molecule is Cc1cccc(N2C(=S)N[C@H](c3ccccn3)[C@@H]2c2ccc(-c3ccccc3)o2)c1. The van der Waals surface area contributed by atoms with E-state index in [1.54, 1.807) is 0 Å². The maximum absolute atomic E-state index is 6.37. The van der Waals surface area contributed by atoms with Crippen LogP contribution in [0.15, 0.2) is 95.5 Å². The van der Waals surface area contributed by atoms with Crippen LogP contribution in [0.2, 0.25) is 0 Å². The van der Waals surface area contributed by atoms with Crippen molar-refractivity contribution in [2.75, 3.05) is 4.90 Å². The molecule has 0 unspecified atom stereocenters. The van der Waals surface area contributed by atoms with E-state index < -0.39 is 0 Å². The number of rotatable bonds is 4. The number of aromatic nitrogens is 1. The van der Waals surface area contributed by atoms with Crippen LogP contribution in [0.3, 0.4) is 0 Å². The molecular weight excluding hydrogens is 390 g/mol. The fourth-order valence-electron chi connectivity index (χ4n) is 3.97. The van der Waals surface area contributed by atoms with Crippen molar-refractivity contribution in [1.82, 2.24) is 10.3 Å². The molecule has 0 amide bonds. The van der Waals surface area contributed by atoms with E-state index in [-0.39, 0.29) is 12.1 Å². The fraction of sp³-hybridized carbons (Fsp3) is 0.120. The van der Waals surface area contributed by atoms with E-state index in [0.29, 0.717) is 5.11 Å². The monoisotopic (exact) mass is 411 g/mol. The van der Waals surface area contributed by atoms with Gasteiger partial charge in [-0.1, -0.05) is 48.5 Å². The normalized spacial score (nSPS) is 18.4. The summed E-state index contributed by atoms with van der Waals surface area (Å²) in [7, 11) is 0. The van der Waals surface area contributed by atoms with Crippen molar-refractivity contribution >= 4 is 23.0 Å². The zero-order valence-corrected chi connectivity index (χ0v) is 17.3. The summed E-state index contributed by atoms with van der Waals surface area (Å²) < 4.78 is 6.37. The number of thiocarbonyl (C=S) groups is 1. The number of hydrogen-bond donors (Lipinski definition) is 1. The Morgan fingerprint density at radius 3 is 2.53 bits per heavy atom. The highest BCUT2D eigenvalue weighted by Crippen LogP contribution is 2.42. The van der Waals surface area contributed by atoms with Crippen molar-refractivity contribution in [1.29, 1.82) is 0 Å². The summed E-state index contributed by atoms with van der Waals surface area (Å²) in [6, 6.07) is 28.2. The molecule has 5 heteroatoms. The molecule has 4 nitrogen and oxygen atoms in total. The molecule has 1 saturated heterocycles. The van der Waals surface area contributed by atoms with Gasteiger partial charge in [-0.3, -0.25) is 4.98 Å². The van der Waals surface area contributed by atoms with E-state index in [1.165, 1.54) is 5.56 Å². The Bertz CT molecular complexity index is 1170. The van der Waals surface area contributed by atoms with Crippen LogP contribution in [0.5, 0.6) is 0 Å². The van der Waals surface area contributed by atoms with Crippen molar-refractivity contribution in [3.05, 3.63) is 108 Å². The Hall–Kier alpha value is -3.44. The summed E-state index contributed by atoms with van der Waals surface area (Å²) in [5.41, 5.74) is 4.19. The Morgan fingerprint density at radius 1 is 0.933 bits per heavy atom. The van der Waals surface area contributed by atoms with Gasteiger partial charge < -0.3 is 14.6 Å². The first-order chi connectivity index (χ1) is 14.7. The van der Waals surface area contributed by atoms with Gasteiger partial charge in [0.2, 0.25) is 0 Å². The lowest BCUT2D eigenvalue weighted by Crippen LogP contribution is -2.29. The molecule has 1 aliphatic heterocycles. The molecule has 3 heterocycles. The minimum atomic E-state index is -0.147. The van der Waals surface area contributed by atoms with Crippen LogP contribution in [-0.2, 0) is 0 Å². The lowest BCUT2D eigenvalue weighted by molar-refractivity contribution is 0.439. The maximum atomic E-state index is 6.37. The molecule has 4 aromatic rings. The molecular formula is C25H21N3OS. The van der Waals surface area contributed by atoms with Crippen molar-refractivity contribution < 1.29 is 4.42 Å². The topological polar surface area (TPSA) is 41.3 Å². The molecule has 0 aliphatic carbocycles. The number of anilines is 1. The zero-order valence-electron chi connectivity index (χ0n) is 16.5. The molecule has 0 spiro atoms. The summed E-state index contributed by atoms with van der Waals surface area (Å²) in [5, 5.41) is 4.14. The van der Waals surface area contributed by atoms with Crippen molar-refractivity contribution in [2.45, 2.75) is 19.0 Å². The lowest BCUT2D eigenvalue weighted by atomic mass is 10.0. The van der Waals surface area contributed by atoms with Crippen LogP contribution in [0.4, 0.5) is 5.69 Å². The summed E-state index contributed by atoms with van der Waals surface area (Å²) in [4.78, 5) is 6.73. The van der Waals surface area contributed by atoms with Gasteiger partial charge >= 0.3 is 0 Å². The molecule has 5 rings (SSSR count). The first kappa shape index (κ1) is 18.6. The molecule has 1 fully saturated rings. The summed E-state index contributed by atoms with van der Waals surface area (Å²) in [6.07, 6.45) is 1.81. The van der Waals surface area contributed by atoms with Crippen LogP contribution in [0, 0.1) is 6.92 Å². The van der Waals surface area contributed by atoms with Gasteiger partial charge in [0.05, 0.1) is 11.7 Å². The summed E-state index contributed by atoms with van der Waals surface area (Å²) >= 11 is 5.77. The van der Waals surface area contributed by atoms with E-state index >= 15 is 0 Å². The van der Waals surface area contributed by atoms with Gasteiger partial charge in [0, 0.05) is 17.4 Å². The average molecular weight is 412 g/mol. The molecule has 1 aliphatic rings. The van der Waals surface area contributed by atoms with Crippen LogP contribution < -0.4 is 10.2 Å². The lowest BCUT2D eigenvalue weighted by Gasteiger charge is -2.26. The highest BCUT2D eigenvalue weighted by atomic mass is 32.1. The predicted molar refractivity (Wildman–Crippen MR) is 123 cm³/mol. The molecule has 0 saturated carbocycles. The largest absolute Gasteiger partial charge is 0.459 e. The highest BCUT2D eigenvalue weighted by molar-refractivity contribution is 7.80. The number of aryl methyl sites for hydroxylation is 1. The Balaban J connectivity index is 1.61. The fourth-order valence-corrected chi connectivity index (χ4v) is 4.31. The number of furan rings is 1. The van der Waals surface area contributed by atoms with Gasteiger partial charge in [-0.2, -0.15) is 0 Å². The molecule has 2 aromatic carbocycles. The second-order valence-corrected chi connectivity index (χ2v) is 7.79. The molecule has 148 valence electrons. The molecule has 0 radical (unpaired) electrons. The standard InChI is InChI=1S/C25H21N3OS/c1-17-8-7-11-19(16-17)28-24(23(27-25(28)30)20-12-5-6-15-26-20)22-14-13-21(29-22)18-9-3-2-4-10-18/h2-16,23-24H,1H3,(H,27,30)/t23-,24+/m1/s1. The summed E-state index contributed by atoms with van der Waals surface area (Å²) in [5.74, 6) is 1.69. The molecule has 1 N–H and O–H groups in total. The summed E-state index contributed by atoms with van der Waals surface area (Å²) in [6.45, 7) is 2.09. The third kappa shape index (κ3) is 3.37. The Kier molecular flexibility index (Phi) is 4.81. The quantitative estimate of drug-likeness (QED) is 0.428.